The lowest BCUT2D eigenvalue weighted by Gasteiger charge is -2.36. The van der Waals surface area contributed by atoms with E-state index in [1.165, 1.54) is 12.8 Å². The van der Waals surface area contributed by atoms with Crippen molar-refractivity contribution in [2.45, 2.75) is 32.2 Å². The molecule has 1 aliphatic heterocycles. The molecule has 0 aliphatic carbocycles. The van der Waals surface area contributed by atoms with E-state index in [0.29, 0.717) is 17.9 Å². The van der Waals surface area contributed by atoms with E-state index in [0.717, 1.165) is 24.5 Å². The molecule has 1 atom stereocenters. The first kappa shape index (κ1) is 11.6. The molecular weight excluding hydrogens is 224 g/mol. The Morgan fingerprint density at radius 1 is 1.50 bits per heavy atom. The van der Waals surface area contributed by atoms with Gasteiger partial charge in [-0.2, -0.15) is 0 Å². The normalized spacial score (nSPS) is 21.2. The van der Waals surface area contributed by atoms with Crippen LogP contribution in [0, 0.1) is 6.92 Å². The SMILES string of the molecule is Cc1cc(N2CCCC[C@H]2CN)nc(Cl)n1. The summed E-state index contributed by atoms with van der Waals surface area (Å²) in [4.78, 5) is 10.6. The minimum Gasteiger partial charge on any atom is -0.352 e. The summed E-state index contributed by atoms with van der Waals surface area (Å²) in [5, 5.41) is 0.316. The second-order valence-electron chi connectivity index (χ2n) is 4.22. The lowest BCUT2D eigenvalue weighted by Crippen LogP contribution is -2.44. The molecule has 2 N–H and O–H groups in total. The molecule has 2 rings (SSSR count). The molecule has 2 heterocycles. The van der Waals surface area contributed by atoms with Gasteiger partial charge in [-0.1, -0.05) is 0 Å². The summed E-state index contributed by atoms with van der Waals surface area (Å²) in [6, 6.07) is 2.36. The topological polar surface area (TPSA) is 55.0 Å². The highest BCUT2D eigenvalue weighted by atomic mass is 35.5. The third-order valence-corrected chi connectivity index (χ3v) is 3.18. The van der Waals surface area contributed by atoms with E-state index < -0.39 is 0 Å². The van der Waals surface area contributed by atoms with Crippen molar-refractivity contribution in [2.75, 3.05) is 18.0 Å². The Morgan fingerprint density at radius 3 is 3.00 bits per heavy atom. The van der Waals surface area contributed by atoms with Crippen LogP contribution in [0.15, 0.2) is 6.07 Å². The van der Waals surface area contributed by atoms with Gasteiger partial charge in [-0.15, -0.1) is 0 Å². The van der Waals surface area contributed by atoms with Gasteiger partial charge in [-0.25, -0.2) is 9.97 Å². The number of aryl methyl sites for hydroxylation is 1. The molecule has 88 valence electrons. The largest absolute Gasteiger partial charge is 0.352 e. The van der Waals surface area contributed by atoms with Crippen LogP contribution >= 0.6 is 11.6 Å². The molecule has 1 aromatic rings. The van der Waals surface area contributed by atoms with Gasteiger partial charge in [-0.3, -0.25) is 0 Å². The second kappa shape index (κ2) is 4.97. The Bertz CT molecular complexity index is 349. The Hall–Kier alpha value is -0.870. The molecule has 5 heteroatoms. The molecule has 0 radical (unpaired) electrons. The van der Waals surface area contributed by atoms with Crippen molar-refractivity contribution in [1.82, 2.24) is 9.97 Å². The first-order chi connectivity index (χ1) is 7.70. The van der Waals surface area contributed by atoms with Crippen LogP contribution in [0.5, 0.6) is 0 Å². The summed E-state index contributed by atoms with van der Waals surface area (Å²) in [7, 11) is 0. The van der Waals surface area contributed by atoms with E-state index in [1.54, 1.807) is 0 Å². The first-order valence-corrected chi connectivity index (χ1v) is 6.06. The third-order valence-electron chi connectivity index (χ3n) is 3.01. The van der Waals surface area contributed by atoms with E-state index in [-0.39, 0.29) is 0 Å². The number of halogens is 1. The average Bonchev–Trinajstić information content (AvgIpc) is 2.27. The van der Waals surface area contributed by atoms with E-state index in [4.69, 9.17) is 17.3 Å². The van der Waals surface area contributed by atoms with Gasteiger partial charge in [-0.05, 0) is 37.8 Å². The summed E-state index contributed by atoms with van der Waals surface area (Å²) < 4.78 is 0. The van der Waals surface area contributed by atoms with Gasteiger partial charge in [0, 0.05) is 30.9 Å². The fourth-order valence-corrected chi connectivity index (χ4v) is 2.43. The molecule has 16 heavy (non-hydrogen) atoms. The minimum absolute atomic E-state index is 0.316. The Kier molecular flexibility index (Phi) is 3.61. The lowest BCUT2D eigenvalue weighted by molar-refractivity contribution is 0.462. The number of anilines is 1. The fraction of sp³-hybridized carbons (Fsp3) is 0.636. The fourth-order valence-electron chi connectivity index (χ4n) is 2.21. The quantitative estimate of drug-likeness (QED) is 0.801. The number of rotatable bonds is 2. The van der Waals surface area contributed by atoms with Gasteiger partial charge >= 0.3 is 0 Å². The van der Waals surface area contributed by atoms with Gasteiger partial charge in [0.05, 0.1) is 0 Å². The number of nitrogens with zero attached hydrogens (tertiary/aromatic N) is 3. The smallest absolute Gasteiger partial charge is 0.224 e. The van der Waals surface area contributed by atoms with Crippen LogP contribution in [0.1, 0.15) is 25.0 Å². The summed E-state index contributed by atoms with van der Waals surface area (Å²) in [6.45, 7) is 3.60. The van der Waals surface area contributed by atoms with Crippen molar-refractivity contribution in [3.8, 4) is 0 Å². The van der Waals surface area contributed by atoms with E-state index in [9.17, 15) is 0 Å². The van der Waals surface area contributed by atoms with Crippen molar-refractivity contribution in [2.24, 2.45) is 5.73 Å². The van der Waals surface area contributed by atoms with Crippen molar-refractivity contribution >= 4 is 17.4 Å². The highest BCUT2D eigenvalue weighted by Gasteiger charge is 2.22. The summed E-state index contributed by atoms with van der Waals surface area (Å²) in [5.74, 6) is 0.910. The maximum absolute atomic E-state index is 5.88. The van der Waals surface area contributed by atoms with Crippen molar-refractivity contribution < 1.29 is 0 Å². The zero-order chi connectivity index (χ0) is 11.5. The van der Waals surface area contributed by atoms with Gasteiger partial charge in [0.25, 0.3) is 0 Å². The van der Waals surface area contributed by atoms with Crippen LogP contribution < -0.4 is 10.6 Å². The standard InChI is InChI=1S/C11H17ClN4/c1-8-6-10(15-11(12)14-8)16-5-3-2-4-9(16)7-13/h6,9H,2-5,7,13H2,1H3/t9-/m0/s1. The molecular formula is C11H17ClN4. The predicted molar refractivity (Wildman–Crippen MR) is 65.8 cm³/mol. The molecule has 1 fully saturated rings. The summed E-state index contributed by atoms with van der Waals surface area (Å²) in [6.07, 6.45) is 3.57. The summed E-state index contributed by atoms with van der Waals surface area (Å²) >= 11 is 5.88. The molecule has 1 aromatic heterocycles. The monoisotopic (exact) mass is 240 g/mol. The molecule has 0 unspecified atom stereocenters. The molecule has 4 nitrogen and oxygen atoms in total. The Balaban J connectivity index is 2.26. The van der Waals surface area contributed by atoms with Gasteiger partial charge in [0.15, 0.2) is 0 Å². The average molecular weight is 241 g/mol. The second-order valence-corrected chi connectivity index (χ2v) is 4.55. The number of nitrogens with two attached hydrogens (primary N) is 1. The van der Waals surface area contributed by atoms with Crippen LogP contribution in [0.2, 0.25) is 5.28 Å². The van der Waals surface area contributed by atoms with Gasteiger partial charge in [0.2, 0.25) is 5.28 Å². The third kappa shape index (κ3) is 2.44. The number of piperidine rings is 1. The van der Waals surface area contributed by atoms with E-state index in [2.05, 4.69) is 14.9 Å². The van der Waals surface area contributed by atoms with E-state index in [1.807, 2.05) is 13.0 Å². The maximum atomic E-state index is 5.88. The van der Waals surface area contributed by atoms with Crippen LogP contribution in [-0.4, -0.2) is 29.1 Å². The highest BCUT2D eigenvalue weighted by Crippen LogP contribution is 2.23. The van der Waals surface area contributed by atoms with Crippen molar-refractivity contribution in [1.29, 1.82) is 0 Å². The van der Waals surface area contributed by atoms with Crippen LogP contribution in [0.4, 0.5) is 5.82 Å². The van der Waals surface area contributed by atoms with E-state index >= 15 is 0 Å². The number of aromatic nitrogens is 2. The zero-order valence-electron chi connectivity index (χ0n) is 9.49. The molecule has 0 saturated carbocycles. The Morgan fingerprint density at radius 2 is 2.31 bits per heavy atom. The molecule has 0 spiro atoms. The number of hydrogen-bond acceptors (Lipinski definition) is 4. The van der Waals surface area contributed by atoms with Crippen LogP contribution in [0.25, 0.3) is 0 Å². The minimum atomic E-state index is 0.316. The highest BCUT2D eigenvalue weighted by molar-refractivity contribution is 6.28. The summed E-state index contributed by atoms with van der Waals surface area (Å²) in [5.41, 5.74) is 6.69. The van der Waals surface area contributed by atoms with Gasteiger partial charge in [0.1, 0.15) is 5.82 Å². The molecule has 0 aromatic carbocycles. The first-order valence-electron chi connectivity index (χ1n) is 5.68. The van der Waals surface area contributed by atoms with Gasteiger partial charge < -0.3 is 10.6 Å². The molecule has 0 amide bonds. The Labute approximate surface area is 101 Å². The van der Waals surface area contributed by atoms with Crippen LogP contribution in [0.3, 0.4) is 0 Å². The molecule has 0 bridgehead atoms. The van der Waals surface area contributed by atoms with Crippen molar-refractivity contribution in [3.63, 3.8) is 0 Å². The predicted octanol–water partition coefficient (Wildman–Crippen LogP) is 1.76. The van der Waals surface area contributed by atoms with Crippen molar-refractivity contribution in [3.05, 3.63) is 17.0 Å². The van der Waals surface area contributed by atoms with Crippen LogP contribution in [-0.2, 0) is 0 Å². The maximum Gasteiger partial charge on any atom is 0.224 e. The molecule has 1 saturated heterocycles. The zero-order valence-corrected chi connectivity index (χ0v) is 10.2. The number of hydrogen-bond donors (Lipinski definition) is 1. The molecule has 1 aliphatic rings. The lowest BCUT2D eigenvalue weighted by atomic mass is 10.0.